The van der Waals surface area contributed by atoms with Crippen molar-refractivity contribution in [3.63, 3.8) is 0 Å². The highest BCUT2D eigenvalue weighted by Gasteiger charge is 2.05. The second-order valence-electron chi connectivity index (χ2n) is 2.61. The maximum absolute atomic E-state index is 5.64. The van der Waals surface area contributed by atoms with Crippen LogP contribution in [0.15, 0.2) is 18.3 Å². The molecule has 2 heteroatoms. The van der Waals surface area contributed by atoms with Crippen molar-refractivity contribution in [3.8, 4) is 0 Å². The molecule has 0 N–H and O–H groups in total. The highest BCUT2D eigenvalue weighted by molar-refractivity contribution is 6.16. The molecule has 0 radical (unpaired) electrons. The van der Waals surface area contributed by atoms with Gasteiger partial charge in [-0.3, -0.25) is 4.98 Å². The summed E-state index contributed by atoms with van der Waals surface area (Å²) in [4.78, 5) is 4.20. The van der Waals surface area contributed by atoms with Gasteiger partial charge in [0.2, 0.25) is 0 Å². The molecule has 0 bridgehead atoms. The quantitative estimate of drug-likeness (QED) is 0.583. The number of fused-ring (bicyclic) bond motifs is 1. The van der Waals surface area contributed by atoms with Gasteiger partial charge in [-0.2, -0.15) is 0 Å². The van der Waals surface area contributed by atoms with Gasteiger partial charge in [0.1, 0.15) is 0 Å². The van der Waals surface area contributed by atoms with Crippen molar-refractivity contribution < 1.29 is 0 Å². The van der Waals surface area contributed by atoms with Crippen LogP contribution in [0.4, 0.5) is 0 Å². The van der Waals surface area contributed by atoms with Gasteiger partial charge >= 0.3 is 0 Å². The Morgan fingerprint density at radius 3 is 3.27 bits per heavy atom. The molecule has 56 valence electrons. The van der Waals surface area contributed by atoms with Crippen LogP contribution in [0.1, 0.15) is 16.8 Å². The molecule has 0 atom stereocenters. The number of nitrogens with zero attached hydrogens (tertiary/aromatic N) is 1. The molecule has 0 spiro atoms. The van der Waals surface area contributed by atoms with Gasteiger partial charge in [0.05, 0.1) is 11.6 Å². The number of halogens is 1. The molecule has 1 nitrogen and oxygen atoms in total. The van der Waals surface area contributed by atoms with Gasteiger partial charge in [0.25, 0.3) is 0 Å². The lowest BCUT2D eigenvalue weighted by molar-refractivity contribution is 1.12. The van der Waals surface area contributed by atoms with Crippen LogP contribution in [0.3, 0.4) is 0 Å². The van der Waals surface area contributed by atoms with Gasteiger partial charge in [-0.1, -0.05) is 12.2 Å². The number of aromatic nitrogens is 1. The smallest absolute Gasteiger partial charge is 0.0647 e. The Labute approximate surface area is 70.7 Å². The maximum Gasteiger partial charge on any atom is 0.0647 e. The molecule has 0 amide bonds. The maximum atomic E-state index is 5.64. The molecule has 0 aromatic carbocycles. The summed E-state index contributed by atoms with van der Waals surface area (Å²) < 4.78 is 0. The summed E-state index contributed by atoms with van der Waals surface area (Å²) in [5.74, 6) is 0.501. The van der Waals surface area contributed by atoms with Crippen LogP contribution in [0.5, 0.6) is 0 Å². The van der Waals surface area contributed by atoms with Crippen molar-refractivity contribution >= 4 is 17.7 Å². The summed E-state index contributed by atoms with van der Waals surface area (Å²) in [6.07, 6.45) is 7.19. The Balaban J connectivity index is 2.47. The molecule has 2 rings (SSSR count). The van der Waals surface area contributed by atoms with E-state index in [1.165, 1.54) is 11.1 Å². The number of pyridine rings is 1. The number of hydrogen-bond acceptors (Lipinski definition) is 1. The van der Waals surface area contributed by atoms with E-state index < -0.39 is 0 Å². The van der Waals surface area contributed by atoms with E-state index in [1.807, 2.05) is 12.3 Å². The number of hydrogen-bond donors (Lipinski definition) is 0. The van der Waals surface area contributed by atoms with Crippen LogP contribution < -0.4 is 0 Å². The van der Waals surface area contributed by atoms with E-state index in [2.05, 4.69) is 17.1 Å². The summed E-state index contributed by atoms with van der Waals surface area (Å²) in [7, 11) is 0. The number of allylic oxidation sites excluding steroid dienone is 1. The van der Waals surface area contributed by atoms with Gasteiger partial charge in [0.15, 0.2) is 0 Å². The Bertz CT molecular complexity index is 304. The largest absolute Gasteiger partial charge is 0.260 e. The van der Waals surface area contributed by atoms with Crippen LogP contribution in [0, 0.1) is 0 Å². The first-order valence-electron chi connectivity index (χ1n) is 3.60. The molecule has 1 heterocycles. The third kappa shape index (κ3) is 1.16. The van der Waals surface area contributed by atoms with Crippen LogP contribution in [-0.2, 0) is 12.3 Å². The minimum atomic E-state index is 0.501. The van der Waals surface area contributed by atoms with E-state index in [-0.39, 0.29) is 0 Å². The van der Waals surface area contributed by atoms with E-state index >= 15 is 0 Å². The highest BCUT2D eigenvalue weighted by atomic mass is 35.5. The topological polar surface area (TPSA) is 12.9 Å². The Kier molecular flexibility index (Phi) is 1.66. The molecule has 0 unspecified atom stereocenters. The van der Waals surface area contributed by atoms with Crippen molar-refractivity contribution in [2.24, 2.45) is 0 Å². The standard InChI is InChI=1S/C9H8ClN/c10-5-9-4-7-2-1-3-8(7)6-11-9/h1-2,4,6H,3,5H2. The summed E-state index contributed by atoms with van der Waals surface area (Å²) in [6, 6.07) is 2.05. The number of rotatable bonds is 1. The zero-order valence-corrected chi connectivity index (χ0v) is 6.80. The molecule has 1 aromatic rings. The first-order valence-corrected chi connectivity index (χ1v) is 4.14. The molecule has 11 heavy (non-hydrogen) atoms. The molecular formula is C9H8ClN. The van der Waals surface area contributed by atoms with Crippen LogP contribution in [0.2, 0.25) is 0 Å². The van der Waals surface area contributed by atoms with Gasteiger partial charge in [-0.15, -0.1) is 11.6 Å². The van der Waals surface area contributed by atoms with Gasteiger partial charge in [-0.05, 0) is 23.6 Å². The molecule has 1 aliphatic carbocycles. The summed E-state index contributed by atoms with van der Waals surface area (Å²) in [5.41, 5.74) is 3.53. The minimum absolute atomic E-state index is 0.501. The normalized spacial score (nSPS) is 13.5. The summed E-state index contributed by atoms with van der Waals surface area (Å²) >= 11 is 5.64. The van der Waals surface area contributed by atoms with Gasteiger partial charge in [-0.25, -0.2) is 0 Å². The predicted octanol–water partition coefficient (Wildman–Crippen LogP) is 2.39. The van der Waals surface area contributed by atoms with E-state index in [4.69, 9.17) is 11.6 Å². The van der Waals surface area contributed by atoms with E-state index in [0.717, 1.165) is 12.1 Å². The van der Waals surface area contributed by atoms with Crippen molar-refractivity contribution in [2.45, 2.75) is 12.3 Å². The second-order valence-corrected chi connectivity index (χ2v) is 2.88. The van der Waals surface area contributed by atoms with Gasteiger partial charge < -0.3 is 0 Å². The fourth-order valence-electron chi connectivity index (χ4n) is 1.26. The highest BCUT2D eigenvalue weighted by Crippen LogP contribution is 2.19. The molecule has 0 saturated heterocycles. The van der Waals surface area contributed by atoms with E-state index in [1.54, 1.807) is 0 Å². The first kappa shape index (κ1) is 6.86. The third-order valence-corrected chi connectivity index (χ3v) is 2.13. The average molecular weight is 166 g/mol. The molecule has 1 aromatic heterocycles. The monoisotopic (exact) mass is 165 g/mol. The van der Waals surface area contributed by atoms with E-state index in [0.29, 0.717) is 5.88 Å². The van der Waals surface area contributed by atoms with Crippen molar-refractivity contribution in [3.05, 3.63) is 35.2 Å². The molecule has 0 aliphatic heterocycles. The fourth-order valence-corrected chi connectivity index (χ4v) is 1.40. The molecule has 1 aliphatic rings. The number of alkyl halides is 1. The first-order chi connectivity index (χ1) is 5.40. The van der Waals surface area contributed by atoms with Crippen molar-refractivity contribution in [1.29, 1.82) is 0 Å². The predicted molar refractivity (Wildman–Crippen MR) is 46.5 cm³/mol. The lowest BCUT2D eigenvalue weighted by Gasteiger charge is -1.98. The fraction of sp³-hybridized carbons (Fsp3) is 0.222. The van der Waals surface area contributed by atoms with Crippen LogP contribution >= 0.6 is 11.6 Å². The summed E-state index contributed by atoms with van der Waals surface area (Å²) in [5, 5.41) is 0. The van der Waals surface area contributed by atoms with Gasteiger partial charge in [0, 0.05) is 6.20 Å². The zero-order valence-electron chi connectivity index (χ0n) is 6.05. The third-order valence-electron chi connectivity index (χ3n) is 1.85. The van der Waals surface area contributed by atoms with Crippen molar-refractivity contribution in [2.75, 3.05) is 0 Å². The lowest BCUT2D eigenvalue weighted by Crippen LogP contribution is -1.89. The Morgan fingerprint density at radius 1 is 1.55 bits per heavy atom. The van der Waals surface area contributed by atoms with Crippen LogP contribution in [-0.4, -0.2) is 4.98 Å². The lowest BCUT2D eigenvalue weighted by atomic mass is 10.1. The zero-order chi connectivity index (χ0) is 7.68. The second kappa shape index (κ2) is 2.67. The SMILES string of the molecule is ClCc1cc2c(cn1)CC=C2. The Hall–Kier alpha value is -0.820. The Morgan fingerprint density at radius 2 is 2.45 bits per heavy atom. The van der Waals surface area contributed by atoms with Crippen LogP contribution in [0.25, 0.3) is 6.08 Å². The summed E-state index contributed by atoms with van der Waals surface area (Å²) in [6.45, 7) is 0. The van der Waals surface area contributed by atoms with Crippen molar-refractivity contribution in [1.82, 2.24) is 4.98 Å². The average Bonchev–Trinajstić information content (AvgIpc) is 2.50. The molecule has 0 saturated carbocycles. The minimum Gasteiger partial charge on any atom is -0.260 e. The molecule has 0 fully saturated rings. The molecular weight excluding hydrogens is 158 g/mol. The van der Waals surface area contributed by atoms with E-state index in [9.17, 15) is 0 Å².